The maximum atomic E-state index is 12.6. The van der Waals surface area contributed by atoms with Gasteiger partial charge in [-0.05, 0) is 6.07 Å². The summed E-state index contributed by atoms with van der Waals surface area (Å²) < 4.78 is 1.45. The SMILES string of the molecule is O=C(O)c1cc2n(n1)CCN(CCc1nccc(-c3ccccc3)n1)C2=O. The molecule has 0 spiro atoms. The van der Waals surface area contributed by atoms with Gasteiger partial charge in [-0.1, -0.05) is 30.3 Å². The number of carboxylic acids is 1. The minimum atomic E-state index is -1.14. The lowest BCUT2D eigenvalue weighted by atomic mass is 10.1. The van der Waals surface area contributed by atoms with E-state index < -0.39 is 5.97 Å². The Morgan fingerprint density at radius 1 is 1.15 bits per heavy atom. The maximum Gasteiger partial charge on any atom is 0.356 e. The highest BCUT2D eigenvalue weighted by molar-refractivity contribution is 5.96. The van der Waals surface area contributed by atoms with Crippen molar-refractivity contribution in [3.63, 3.8) is 0 Å². The number of aromatic nitrogens is 4. The zero-order chi connectivity index (χ0) is 18.8. The average molecular weight is 363 g/mol. The molecule has 1 aliphatic heterocycles. The lowest BCUT2D eigenvalue weighted by Crippen LogP contribution is -2.41. The van der Waals surface area contributed by atoms with E-state index in [0.717, 1.165) is 11.3 Å². The number of aromatic carboxylic acids is 1. The summed E-state index contributed by atoms with van der Waals surface area (Å²) in [6, 6.07) is 13.0. The van der Waals surface area contributed by atoms with Crippen LogP contribution in [0.5, 0.6) is 0 Å². The van der Waals surface area contributed by atoms with E-state index in [9.17, 15) is 9.59 Å². The number of benzene rings is 1. The van der Waals surface area contributed by atoms with Crippen molar-refractivity contribution in [2.75, 3.05) is 13.1 Å². The number of carboxylic acid groups (broad SMARTS) is 1. The Hall–Kier alpha value is -3.55. The molecule has 0 bridgehead atoms. The minimum absolute atomic E-state index is 0.112. The molecule has 3 heterocycles. The standard InChI is InChI=1S/C19H17N5O3/c25-18-16-12-15(19(26)27)22-24(16)11-10-23(18)9-7-17-20-8-6-14(21-17)13-4-2-1-3-5-13/h1-6,8,12H,7,9-11H2,(H,26,27). The van der Waals surface area contributed by atoms with Crippen molar-refractivity contribution in [2.24, 2.45) is 0 Å². The zero-order valence-corrected chi connectivity index (χ0v) is 14.4. The summed E-state index contributed by atoms with van der Waals surface area (Å²) in [6.07, 6.45) is 2.24. The van der Waals surface area contributed by atoms with Crippen LogP contribution in [0.2, 0.25) is 0 Å². The number of rotatable bonds is 5. The third kappa shape index (κ3) is 3.41. The zero-order valence-electron chi connectivity index (χ0n) is 14.4. The normalized spacial score (nSPS) is 13.5. The summed E-state index contributed by atoms with van der Waals surface area (Å²) in [5.74, 6) is -0.697. The lowest BCUT2D eigenvalue weighted by molar-refractivity contribution is 0.0678. The predicted octanol–water partition coefficient (Wildman–Crippen LogP) is 1.74. The Bertz CT molecular complexity index is 1000. The fraction of sp³-hybridized carbons (Fsp3) is 0.211. The average Bonchev–Trinajstić information content (AvgIpc) is 3.14. The van der Waals surface area contributed by atoms with Gasteiger partial charge in [0.05, 0.1) is 12.2 Å². The molecule has 0 radical (unpaired) electrons. The third-order valence-corrected chi connectivity index (χ3v) is 4.47. The number of hydrogen-bond donors (Lipinski definition) is 1. The van der Waals surface area contributed by atoms with Gasteiger partial charge in [-0.15, -0.1) is 0 Å². The highest BCUT2D eigenvalue weighted by Crippen LogP contribution is 2.17. The summed E-state index contributed by atoms with van der Waals surface area (Å²) in [4.78, 5) is 34.2. The topological polar surface area (TPSA) is 101 Å². The number of carbonyl (C=O) groups is 2. The largest absolute Gasteiger partial charge is 0.476 e. The molecule has 4 rings (SSSR count). The number of hydrogen-bond acceptors (Lipinski definition) is 5. The summed E-state index contributed by atoms with van der Waals surface area (Å²) in [7, 11) is 0. The lowest BCUT2D eigenvalue weighted by Gasteiger charge is -2.27. The molecule has 0 saturated heterocycles. The van der Waals surface area contributed by atoms with E-state index in [1.54, 1.807) is 11.1 Å². The van der Waals surface area contributed by atoms with Gasteiger partial charge in [-0.3, -0.25) is 9.48 Å². The number of fused-ring (bicyclic) bond motifs is 1. The highest BCUT2D eigenvalue weighted by atomic mass is 16.4. The fourth-order valence-corrected chi connectivity index (χ4v) is 3.08. The van der Waals surface area contributed by atoms with Gasteiger partial charge in [0.1, 0.15) is 11.5 Å². The fourth-order valence-electron chi connectivity index (χ4n) is 3.08. The van der Waals surface area contributed by atoms with Crippen molar-refractivity contribution in [3.05, 3.63) is 65.9 Å². The number of nitrogens with zero attached hydrogens (tertiary/aromatic N) is 5. The molecule has 8 nitrogen and oxygen atoms in total. The van der Waals surface area contributed by atoms with Crippen LogP contribution >= 0.6 is 0 Å². The molecule has 27 heavy (non-hydrogen) atoms. The van der Waals surface area contributed by atoms with Crippen LogP contribution < -0.4 is 0 Å². The second kappa shape index (κ2) is 6.99. The van der Waals surface area contributed by atoms with Gasteiger partial charge in [0.25, 0.3) is 5.91 Å². The summed E-state index contributed by atoms with van der Waals surface area (Å²) in [5.41, 5.74) is 2.05. The Morgan fingerprint density at radius 3 is 2.74 bits per heavy atom. The smallest absolute Gasteiger partial charge is 0.356 e. The first kappa shape index (κ1) is 16.9. The molecule has 2 aromatic heterocycles. The Kier molecular flexibility index (Phi) is 4.37. The first-order valence-corrected chi connectivity index (χ1v) is 8.59. The van der Waals surface area contributed by atoms with Gasteiger partial charge in [0.15, 0.2) is 5.69 Å². The highest BCUT2D eigenvalue weighted by Gasteiger charge is 2.27. The molecular weight excluding hydrogens is 346 g/mol. The van der Waals surface area contributed by atoms with Crippen molar-refractivity contribution in [1.29, 1.82) is 0 Å². The molecule has 0 saturated carbocycles. The predicted molar refractivity (Wildman–Crippen MR) is 96.3 cm³/mol. The third-order valence-electron chi connectivity index (χ3n) is 4.47. The van der Waals surface area contributed by atoms with Crippen LogP contribution in [0.25, 0.3) is 11.3 Å². The summed E-state index contributed by atoms with van der Waals surface area (Å²) >= 11 is 0. The van der Waals surface area contributed by atoms with E-state index >= 15 is 0 Å². The van der Waals surface area contributed by atoms with E-state index in [0.29, 0.717) is 37.6 Å². The molecule has 1 amide bonds. The minimum Gasteiger partial charge on any atom is -0.476 e. The number of amides is 1. The van der Waals surface area contributed by atoms with Crippen LogP contribution in [0.15, 0.2) is 48.7 Å². The second-order valence-electron chi connectivity index (χ2n) is 6.21. The second-order valence-corrected chi connectivity index (χ2v) is 6.21. The molecule has 1 N–H and O–H groups in total. The van der Waals surface area contributed by atoms with Gasteiger partial charge in [0, 0.05) is 37.3 Å². The van der Waals surface area contributed by atoms with E-state index in [1.165, 1.54) is 10.7 Å². The Labute approximate surface area is 155 Å². The van der Waals surface area contributed by atoms with Crippen LogP contribution in [-0.4, -0.2) is 54.7 Å². The van der Waals surface area contributed by atoms with Crippen molar-refractivity contribution >= 4 is 11.9 Å². The van der Waals surface area contributed by atoms with E-state index in [2.05, 4.69) is 15.1 Å². The first-order valence-electron chi connectivity index (χ1n) is 8.59. The van der Waals surface area contributed by atoms with E-state index in [1.807, 2.05) is 36.4 Å². The molecule has 1 aliphatic rings. The molecule has 0 fully saturated rings. The number of carbonyl (C=O) groups excluding carboxylic acids is 1. The van der Waals surface area contributed by atoms with E-state index in [4.69, 9.17) is 5.11 Å². The van der Waals surface area contributed by atoms with Crippen molar-refractivity contribution < 1.29 is 14.7 Å². The van der Waals surface area contributed by atoms with Crippen LogP contribution in [0.1, 0.15) is 26.8 Å². The van der Waals surface area contributed by atoms with Crippen LogP contribution in [0, 0.1) is 0 Å². The summed E-state index contributed by atoms with van der Waals surface area (Å²) in [6.45, 7) is 1.41. The van der Waals surface area contributed by atoms with Crippen LogP contribution in [0.3, 0.4) is 0 Å². The molecule has 8 heteroatoms. The van der Waals surface area contributed by atoms with Crippen LogP contribution in [-0.2, 0) is 13.0 Å². The molecule has 136 valence electrons. The molecular formula is C19H17N5O3. The maximum absolute atomic E-state index is 12.6. The first-order chi connectivity index (χ1) is 13.1. The monoisotopic (exact) mass is 363 g/mol. The van der Waals surface area contributed by atoms with Gasteiger partial charge >= 0.3 is 5.97 Å². The Balaban J connectivity index is 1.46. The molecule has 1 aromatic carbocycles. The molecule has 0 atom stereocenters. The molecule has 3 aromatic rings. The summed E-state index contributed by atoms with van der Waals surface area (Å²) in [5, 5.41) is 13.0. The van der Waals surface area contributed by atoms with E-state index in [-0.39, 0.29) is 11.6 Å². The van der Waals surface area contributed by atoms with Crippen molar-refractivity contribution in [2.45, 2.75) is 13.0 Å². The molecule has 0 aliphatic carbocycles. The van der Waals surface area contributed by atoms with Crippen LogP contribution in [0.4, 0.5) is 0 Å². The van der Waals surface area contributed by atoms with Gasteiger partial charge < -0.3 is 10.0 Å². The van der Waals surface area contributed by atoms with Gasteiger partial charge in [0.2, 0.25) is 0 Å². The van der Waals surface area contributed by atoms with Gasteiger partial charge in [-0.2, -0.15) is 5.10 Å². The van der Waals surface area contributed by atoms with Crippen molar-refractivity contribution in [1.82, 2.24) is 24.6 Å². The van der Waals surface area contributed by atoms with Crippen molar-refractivity contribution in [3.8, 4) is 11.3 Å². The molecule has 0 unspecified atom stereocenters. The van der Waals surface area contributed by atoms with Gasteiger partial charge in [-0.25, -0.2) is 14.8 Å². The quantitative estimate of drug-likeness (QED) is 0.741. The Morgan fingerprint density at radius 2 is 1.96 bits per heavy atom.